The number of benzene rings is 1. The fourth-order valence-electron chi connectivity index (χ4n) is 2.28. The molecule has 1 aromatic carbocycles. The fraction of sp³-hybridized carbons (Fsp3) is 0.154. The van der Waals surface area contributed by atoms with Crippen LogP contribution in [0, 0.1) is 0 Å². The Morgan fingerprint density at radius 3 is 2.80 bits per heavy atom. The highest BCUT2D eigenvalue weighted by Crippen LogP contribution is 2.26. The van der Waals surface area contributed by atoms with Crippen molar-refractivity contribution >= 4 is 28.6 Å². The van der Waals surface area contributed by atoms with Gasteiger partial charge in [0.15, 0.2) is 5.16 Å². The van der Waals surface area contributed by atoms with E-state index in [1.54, 1.807) is 18.0 Å². The van der Waals surface area contributed by atoms with Crippen molar-refractivity contribution in [1.29, 1.82) is 0 Å². The first-order chi connectivity index (χ1) is 9.84. The molecule has 0 aliphatic rings. The molecule has 0 aliphatic carbocycles. The number of rotatable bonds is 3. The Kier molecular flexibility index (Phi) is 2.53. The SMILES string of the molecule is Cn1c2ccccc2n2c(SCc3ccon3)nnc12. The molecule has 0 N–H and O–H groups in total. The maximum absolute atomic E-state index is 4.84. The Morgan fingerprint density at radius 2 is 2.00 bits per heavy atom. The van der Waals surface area contributed by atoms with Crippen molar-refractivity contribution in [2.24, 2.45) is 7.05 Å². The van der Waals surface area contributed by atoms with Gasteiger partial charge in [0.1, 0.15) is 6.26 Å². The Morgan fingerprint density at radius 1 is 1.15 bits per heavy atom. The predicted octanol–water partition coefficient (Wildman–Crippen LogP) is 2.50. The van der Waals surface area contributed by atoms with Gasteiger partial charge in [-0.2, -0.15) is 0 Å². The van der Waals surface area contributed by atoms with Crippen LogP contribution in [0.4, 0.5) is 0 Å². The molecule has 0 fully saturated rings. The van der Waals surface area contributed by atoms with Gasteiger partial charge >= 0.3 is 0 Å². The Balaban J connectivity index is 1.82. The summed E-state index contributed by atoms with van der Waals surface area (Å²) in [5, 5.41) is 13.3. The van der Waals surface area contributed by atoms with Gasteiger partial charge in [-0.15, -0.1) is 10.2 Å². The zero-order chi connectivity index (χ0) is 13.5. The predicted molar refractivity (Wildman–Crippen MR) is 75.5 cm³/mol. The number of imidazole rings is 1. The number of hydrogen-bond acceptors (Lipinski definition) is 5. The molecular weight excluding hydrogens is 274 g/mol. The van der Waals surface area contributed by atoms with Crippen LogP contribution in [0.1, 0.15) is 5.69 Å². The van der Waals surface area contributed by atoms with Crippen LogP contribution in [0.25, 0.3) is 16.8 Å². The van der Waals surface area contributed by atoms with Crippen LogP contribution in [-0.4, -0.2) is 24.3 Å². The molecule has 0 radical (unpaired) electrons. The van der Waals surface area contributed by atoms with Crippen molar-refractivity contribution in [2.75, 3.05) is 0 Å². The van der Waals surface area contributed by atoms with Crippen LogP contribution in [0.5, 0.6) is 0 Å². The molecule has 0 aliphatic heterocycles. The van der Waals surface area contributed by atoms with Crippen molar-refractivity contribution in [1.82, 2.24) is 24.3 Å². The number of para-hydroxylation sites is 2. The monoisotopic (exact) mass is 285 g/mol. The molecule has 20 heavy (non-hydrogen) atoms. The lowest BCUT2D eigenvalue weighted by Gasteiger charge is -1.96. The van der Waals surface area contributed by atoms with Crippen molar-refractivity contribution < 1.29 is 4.52 Å². The van der Waals surface area contributed by atoms with E-state index in [4.69, 9.17) is 4.52 Å². The third-order valence-corrected chi connectivity index (χ3v) is 4.20. The third-order valence-electron chi connectivity index (χ3n) is 3.24. The van der Waals surface area contributed by atoms with Crippen molar-refractivity contribution in [2.45, 2.75) is 10.9 Å². The van der Waals surface area contributed by atoms with E-state index in [1.807, 2.05) is 29.8 Å². The smallest absolute Gasteiger partial charge is 0.236 e. The molecule has 0 amide bonds. The quantitative estimate of drug-likeness (QED) is 0.541. The molecule has 3 heterocycles. The molecule has 6 nitrogen and oxygen atoms in total. The van der Waals surface area contributed by atoms with Crippen LogP contribution in [-0.2, 0) is 12.8 Å². The summed E-state index contributed by atoms with van der Waals surface area (Å²) >= 11 is 1.60. The topological polar surface area (TPSA) is 61.2 Å². The number of hydrogen-bond donors (Lipinski definition) is 0. The maximum atomic E-state index is 4.84. The minimum absolute atomic E-state index is 0.709. The van der Waals surface area contributed by atoms with Gasteiger partial charge in [-0.25, -0.2) is 0 Å². The zero-order valence-corrected chi connectivity index (χ0v) is 11.5. The van der Waals surface area contributed by atoms with E-state index < -0.39 is 0 Å². The lowest BCUT2D eigenvalue weighted by Crippen LogP contribution is -1.88. The zero-order valence-electron chi connectivity index (χ0n) is 10.7. The minimum atomic E-state index is 0.709. The summed E-state index contributed by atoms with van der Waals surface area (Å²) in [6, 6.07) is 10.1. The molecule has 4 aromatic rings. The van der Waals surface area contributed by atoms with E-state index in [0.29, 0.717) is 5.75 Å². The second kappa shape index (κ2) is 4.38. The summed E-state index contributed by atoms with van der Waals surface area (Å²) in [6.45, 7) is 0. The molecule has 0 saturated carbocycles. The summed E-state index contributed by atoms with van der Waals surface area (Å²) < 4.78 is 8.95. The second-order valence-electron chi connectivity index (χ2n) is 4.45. The number of nitrogens with zero attached hydrogens (tertiary/aromatic N) is 5. The van der Waals surface area contributed by atoms with E-state index in [1.165, 1.54) is 0 Å². The number of thioether (sulfide) groups is 1. The van der Waals surface area contributed by atoms with E-state index >= 15 is 0 Å². The Bertz CT molecular complexity index is 877. The molecule has 0 bridgehead atoms. The summed E-state index contributed by atoms with van der Waals surface area (Å²) in [5.41, 5.74) is 3.14. The van der Waals surface area contributed by atoms with Gasteiger partial charge in [-0.05, 0) is 12.1 Å². The first-order valence-corrected chi connectivity index (χ1v) is 7.14. The van der Waals surface area contributed by atoms with E-state index in [0.717, 1.165) is 27.7 Å². The highest BCUT2D eigenvalue weighted by atomic mass is 32.2. The van der Waals surface area contributed by atoms with Gasteiger partial charge in [0.25, 0.3) is 0 Å². The molecule has 0 unspecified atom stereocenters. The lowest BCUT2D eigenvalue weighted by atomic mass is 10.3. The van der Waals surface area contributed by atoms with Gasteiger partial charge in [0, 0.05) is 18.9 Å². The van der Waals surface area contributed by atoms with Gasteiger partial charge in [-0.3, -0.25) is 4.40 Å². The normalized spacial score (nSPS) is 11.7. The second-order valence-corrected chi connectivity index (χ2v) is 5.39. The molecule has 3 aromatic heterocycles. The first kappa shape index (κ1) is 11.5. The van der Waals surface area contributed by atoms with E-state index in [9.17, 15) is 0 Å². The van der Waals surface area contributed by atoms with Gasteiger partial charge in [-0.1, -0.05) is 29.1 Å². The number of aromatic nitrogens is 5. The molecule has 100 valence electrons. The molecule has 7 heteroatoms. The summed E-state index contributed by atoms with van der Waals surface area (Å²) in [6.07, 6.45) is 1.58. The lowest BCUT2D eigenvalue weighted by molar-refractivity contribution is 0.414. The van der Waals surface area contributed by atoms with Crippen LogP contribution in [0.2, 0.25) is 0 Å². The summed E-state index contributed by atoms with van der Waals surface area (Å²) in [7, 11) is 2.00. The van der Waals surface area contributed by atoms with Gasteiger partial charge in [0.2, 0.25) is 5.78 Å². The Hall–Kier alpha value is -2.28. The van der Waals surface area contributed by atoms with Crippen LogP contribution in [0.3, 0.4) is 0 Å². The highest BCUT2D eigenvalue weighted by molar-refractivity contribution is 7.98. The van der Waals surface area contributed by atoms with Crippen molar-refractivity contribution in [3.05, 3.63) is 42.3 Å². The molecule has 0 saturated heterocycles. The van der Waals surface area contributed by atoms with Crippen molar-refractivity contribution in [3.63, 3.8) is 0 Å². The van der Waals surface area contributed by atoms with E-state index in [-0.39, 0.29) is 0 Å². The summed E-state index contributed by atoms with van der Waals surface area (Å²) in [5.74, 6) is 1.55. The fourth-order valence-corrected chi connectivity index (χ4v) is 3.11. The van der Waals surface area contributed by atoms with E-state index in [2.05, 4.69) is 31.9 Å². The third kappa shape index (κ3) is 1.63. The maximum Gasteiger partial charge on any atom is 0.236 e. The van der Waals surface area contributed by atoms with Crippen LogP contribution < -0.4 is 0 Å². The largest absolute Gasteiger partial charge is 0.364 e. The van der Waals surface area contributed by atoms with Crippen LogP contribution >= 0.6 is 11.8 Å². The molecular formula is C13H11N5OS. The van der Waals surface area contributed by atoms with Gasteiger partial charge < -0.3 is 9.09 Å². The standard InChI is InChI=1S/C13H11N5OS/c1-17-10-4-2-3-5-11(10)18-12(17)14-15-13(18)20-8-9-6-7-19-16-9/h2-7H,8H2,1H3. The molecule has 4 rings (SSSR count). The first-order valence-electron chi connectivity index (χ1n) is 6.15. The Labute approximate surface area is 118 Å². The highest BCUT2D eigenvalue weighted by Gasteiger charge is 2.15. The molecule has 0 spiro atoms. The molecule has 0 atom stereocenters. The van der Waals surface area contributed by atoms with Crippen molar-refractivity contribution in [3.8, 4) is 0 Å². The number of aryl methyl sites for hydroxylation is 1. The van der Waals surface area contributed by atoms with Crippen LogP contribution in [0.15, 0.2) is 46.3 Å². The van der Waals surface area contributed by atoms with Gasteiger partial charge in [0.05, 0.1) is 16.7 Å². The minimum Gasteiger partial charge on any atom is -0.364 e. The average molecular weight is 285 g/mol. The summed E-state index contributed by atoms with van der Waals surface area (Å²) in [4.78, 5) is 0. The number of fused-ring (bicyclic) bond motifs is 3. The average Bonchev–Trinajstić information content (AvgIpc) is 3.17.